The molecule has 23 heavy (non-hydrogen) atoms. The Bertz CT molecular complexity index is 717. The van der Waals surface area contributed by atoms with Gasteiger partial charge >= 0.3 is 6.09 Å². The average molecular weight is 311 g/mol. The van der Waals surface area contributed by atoms with Gasteiger partial charge in [-0.3, -0.25) is 0 Å². The van der Waals surface area contributed by atoms with Crippen LogP contribution in [-0.4, -0.2) is 24.9 Å². The number of amides is 1. The van der Waals surface area contributed by atoms with Gasteiger partial charge in [-0.05, 0) is 23.8 Å². The predicted molar refractivity (Wildman–Crippen MR) is 86.2 cm³/mol. The lowest BCUT2D eigenvalue weighted by Crippen LogP contribution is -2.24. The normalized spacial score (nSPS) is 9.43. The molecule has 0 bridgehead atoms. The molecule has 2 aromatic carbocycles. The van der Waals surface area contributed by atoms with Crippen LogP contribution in [-0.2, 0) is 11.3 Å². The molecule has 0 aliphatic heterocycles. The minimum absolute atomic E-state index is 0.102. The number of carbonyl (C=O) groups excluding carboxylic acids is 1. The second-order valence-corrected chi connectivity index (χ2v) is 4.60. The molecule has 0 heterocycles. The van der Waals surface area contributed by atoms with E-state index < -0.39 is 6.09 Å². The summed E-state index contributed by atoms with van der Waals surface area (Å²) in [6.07, 6.45) is -0.536. The van der Waals surface area contributed by atoms with Crippen molar-refractivity contribution >= 4 is 6.09 Å². The maximum Gasteiger partial charge on any atom is 0.408 e. The molecule has 0 unspecified atom stereocenters. The highest BCUT2D eigenvalue weighted by Crippen LogP contribution is 2.21. The van der Waals surface area contributed by atoms with Crippen molar-refractivity contribution in [2.45, 2.75) is 6.61 Å². The smallest absolute Gasteiger partial charge is 0.408 e. The zero-order chi connectivity index (χ0) is 16.5. The zero-order valence-corrected chi connectivity index (χ0v) is 12.7. The Morgan fingerprint density at radius 1 is 1.22 bits per heavy atom. The minimum atomic E-state index is -0.536. The van der Waals surface area contributed by atoms with Crippen molar-refractivity contribution in [3.05, 3.63) is 59.7 Å². The third kappa shape index (κ3) is 5.29. The number of nitrogens with one attached hydrogen (secondary N) is 1. The predicted octanol–water partition coefficient (Wildman–Crippen LogP) is 2.68. The van der Waals surface area contributed by atoms with Crippen molar-refractivity contribution < 1.29 is 19.4 Å². The van der Waals surface area contributed by atoms with Crippen molar-refractivity contribution in [3.8, 4) is 23.3 Å². The Kier molecular flexibility index (Phi) is 5.89. The first-order valence-electron chi connectivity index (χ1n) is 6.99. The Labute approximate surface area is 134 Å². The highest BCUT2D eigenvalue weighted by atomic mass is 16.5. The molecular formula is C18H17NO4. The van der Waals surface area contributed by atoms with Gasteiger partial charge in [0, 0.05) is 0 Å². The number of methoxy groups -OCH3 is 1. The number of phenols is 1. The molecule has 5 nitrogen and oxygen atoms in total. The first-order valence-corrected chi connectivity index (χ1v) is 6.99. The molecule has 2 N–H and O–H groups in total. The number of rotatable bonds is 4. The highest BCUT2D eigenvalue weighted by molar-refractivity contribution is 5.67. The lowest BCUT2D eigenvalue weighted by molar-refractivity contribution is 0.141. The monoisotopic (exact) mass is 311 g/mol. The molecule has 2 aromatic rings. The molecule has 0 radical (unpaired) electrons. The summed E-state index contributed by atoms with van der Waals surface area (Å²) in [6, 6.07) is 14.1. The van der Waals surface area contributed by atoms with Crippen LogP contribution in [0.5, 0.6) is 11.5 Å². The number of hydrogen-bond acceptors (Lipinski definition) is 4. The molecule has 1 amide bonds. The van der Waals surface area contributed by atoms with E-state index in [1.807, 2.05) is 30.3 Å². The lowest BCUT2D eigenvalue weighted by atomic mass is 10.2. The van der Waals surface area contributed by atoms with Crippen LogP contribution in [0.15, 0.2) is 48.5 Å². The maximum absolute atomic E-state index is 11.5. The van der Waals surface area contributed by atoms with Gasteiger partial charge in [-0.25, -0.2) is 4.79 Å². The molecule has 0 spiro atoms. The second kappa shape index (κ2) is 8.35. The summed E-state index contributed by atoms with van der Waals surface area (Å²) in [5, 5.41) is 12.0. The maximum atomic E-state index is 11.5. The molecule has 0 aliphatic rings. The van der Waals surface area contributed by atoms with Gasteiger partial charge in [-0.1, -0.05) is 42.2 Å². The van der Waals surface area contributed by atoms with Gasteiger partial charge < -0.3 is 19.9 Å². The molecule has 2 rings (SSSR count). The van der Waals surface area contributed by atoms with Gasteiger partial charge in [0.15, 0.2) is 0 Å². The van der Waals surface area contributed by atoms with E-state index in [-0.39, 0.29) is 18.9 Å². The Morgan fingerprint density at radius 2 is 2.00 bits per heavy atom. The summed E-state index contributed by atoms with van der Waals surface area (Å²) >= 11 is 0. The molecule has 0 fully saturated rings. The van der Waals surface area contributed by atoms with Crippen LogP contribution >= 0.6 is 0 Å². The fraction of sp³-hybridized carbons (Fsp3) is 0.167. The van der Waals surface area contributed by atoms with Gasteiger partial charge in [-0.2, -0.15) is 0 Å². The van der Waals surface area contributed by atoms with E-state index in [1.54, 1.807) is 6.07 Å². The number of phenolic OH excluding ortho intramolecular Hbond substituents is 1. The van der Waals surface area contributed by atoms with Gasteiger partial charge in [0.05, 0.1) is 19.2 Å². The van der Waals surface area contributed by atoms with Crippen molar-refractivity contribution in [1.29, 1.82) is 0 Å². The summed E-state index contributed by atoms with van der Waals surface area (Å²) in [6.45, 7) is 0.340. The standard InChI is InChI=1S/C18H17NO4/c1-22-17-10-9-16(20)12-15(17)8-5-11-19-18(21)23-13-14-6-3-2-4-7-14/h2-4,6-7,9-10,12,20H,11,13H2,1H3,(H,19,21). The van der Waals surface area contributed by atoms with Crippen LogP contribution in [0.3, 0.4) is 0 Å². The molecule has 0 saturated heterocycles. The first-order chi connectivity index (χ1) is 11.2. The van der Waals surface area contributed by atoms with Gasteiger partial charge in [-0.15, -0.1) is 0 Å². The number of alkyl carbamates (subject to hydrolysis) is 1. The second-order valence-electron chi connectivity index (χ2n) is 4.60. The van der Waals surface area contributed by atoms with Crippen LogP contribution < -0.4 is 10.1 Å². The number of hydrogen-bond donors (Lipinski definition) is 2. The number of benzene rings is 2. The van der Waals surface area contributed by atoms with E-state index in [0.717, 1.165) is 5.56 Å². The molecule has 118 valence electrons. The van der Waals surface area contributed by atoms with Crippen LogP contribution in [0.2, 0.25) is 0 Å². The van der Waals surface area contributed by atoms with Crippen molar-refractivity contribution in [1.82, 2.24) is 5.32 Å². The van der Waals surface area contributed by atoms with Crippen molar-refractivity contribution in [3.63, 3.8) is 0 Å². The lowest BCUT2D eigenvalue weighted by Gasteiger charge is -2.05. The summed E-state index contributed by atoms with van der Waals surface area (Å²) in [4.78, 5) is 11.5. The zero-order valence-electron chi connectivity index (χ0n) is 12.7. The van der Waals surface area contributed by atoms with Gasteiger partial charge in [0.25, 0.3) is 0 Å². The molecular weight excluding hydrogens is 294 g/mol. The van der Waals surface area contributed by atoms with Crippen LogP contribution in [0.1, 0.15) is 11.1 Å². The Hall–Kier alpha value is -3.13. The highest BCUT2D eigenvalue weighted by Gasteiger charge is 2.02. The van der Waals surface area contributed by atoms with E-state index in [4.69, 9.17) is 9.47 Å². The quantitative estimate of drug-likeness (QED) is 0.852. The van der Waals surface area contributed by atoms with E-state index in [9.17, 15) is 9.90 Å². The van der Waals surface area contributed by atoms with Gasteiger partial charge in [0.2, 0.25) is 0 Å². The Balaban J connectivity index is 1.81. The largest absolute Gasteiger partial charge is 0.508 e. The summed E-state index contributed by atoms with van der Waals surface area (Å²) < 4.78 is 10.2. The Morgan fingerprint density at radius 3 is 2.74 bits per heavy atom. The number of carbonyl (C=O) groups is 1. The molecule has 0 aromatic heterocycles. The summed E-state index contributed by atoms with van der Waals surface area (Å²) in [5.74, 6) is 6.27. The molecule has 0 saturated carbocycles. The number of ether oxygens (including phenoxy) is 2. The van der Waals surface area contributed by atoms with Crippen LogP contribution in [0.4, 0.5) is 4.79 Å². The fourth-order valence-electron chi connectivity index (χ4n) is 1.82. The first kappa shape index (κ1) is 16.2. The molecule has 0 atom stereocenters. The third-order valence-electron chi connectivity index (χ3n) is 2.94. The topological polar surface area (TPSA) is 67.8 Å². The van der Waals surface area contributed by atoms with E-state index in [1.165, 1.54) is 19.2 Å². The SMILES string of the molecule is COc1ccc(O)cc1C#CCNC(=O)OCc1ccccc1. The van der Waals surface area contributed by atoms with Crippen LogP contribution in [0, 0.1) is 11.8 Å². The van der Waals surface area contributed by atoms with E-state index >= 15 is 0 Å². The number of aromatic hydroxyl groups is 1. The summed E-state index contributed by atoms with van der Waals surface area (Å²) in [5.41, 5.74) is 1.46. The van der Waals surface area contributed by atoms with E-state index in [2.05, 4.69) is 17.2 Å². The third-order valence-corrected chi connectivity index (χ3v) is 2.94. The average Bonchev–Trinajstić information content (AvgIpc) is 2.58. The van der Waals surface area contributed by atoms with Crippen LogP contribution in [0.25, 0.3) is 0 Å². The fourth-order valence-corrected chi connectivity index (χ4v) is 1.82. The minimum Gasteiger partial charge on any atom is -0.508 e. The van der Waals surface area contributed by atoms with E-state index in [0.29, 0.717) is 11.3 Å². The molecule has 0 aliphatic carbocycles. The van der Waals surface area contributed by atoms with Gasteiger partial charge in [0.1, 0.15) is 18.1 Å². The summed E-state index contributed by atoms with van der Waals surface area (Å²) in [7, 11) is 1.52. The van der Waals surface area contributed by atoms with Crippen molar-refractivity contribution in [2.24, 2.45) is 0 Å². The van der Waals surface area contributed by atoms with Crippen molar-refractivity contribution in [2.75, 3.05) is 13.7 Å². The molecule has 5 heteroatoms.